The first-order valence-electron chi connectivity index (χ1n) is 11.6. The summed E-state index contributed by atoms with van der Waals surface area (Å²) in [6.45, 7) is 3.28. The molecule has 0 fully saturated rings. The molecule has 1 aliphatic heterocycles. The van der Waals surface area contributed by atoms with E-state index in [0.29, 0.717) is 18.8 Å². The van der Waals surface area contributed by atoms with Crippen molar-refractivity contribution in [2.75, 3.05) is 18.5 Å². The highest BCUT2D eigenvalue weighted by Crippen LogP contribution is 2.21. The molecule has 1 atom stereocenters. The average molecular weight is 494 g/mol. The van der Waals surface area contributed by atoms with Gasteiger partial charge in [-0.25, -0.2) is 9.78 Å². The number of benzene rings is 2. The lowest BCUT2D eigenvalue weighted by Crippen LogP contribution is -2.42. The van der Waals surface area contributed by atoms with Gasteiger partial charge in [0.15, 0.2) is 0 Å². The highest BCUT2D eigenvalue weighted by Gasteiger charge is 2.22. The van der Waals surface area contributed by atoms with Crippen LogP contribution in [0.4, 0.5) is 5.82 Å². The van der Waals surface area contributed by atoms with Gasteiger partial charge in [0.1, 0.15) is 17.6 Å². The molecule has 8 heteroatoms. The van der Waals surface area contributed by atoms with Gasteiger partial charge in [-0.15, -0.1) is 0 Å². The van der Waals surface area contributed by atoms with Crippen LogP contribution in [-0.4, -0.2) is 41.2 Å². The van der Waals surface area contributed by atoms with E-state index < -0.39 is 17.9 Å². The topological polar surface area (TPSA) is 101 Å². The zero-order valence-electron chi connectivity index (χ0n) is 19.5. The lowest BCUT2D eigenvalue weighted by molar-refractivity contribution is -0.139. The molecule has 3 aromatic rings. The van der Waals surface area contributed by atoms with E-state index >= 15 is 0 Å². The normalized spacial score (nSPS) is 13.3. The number of nitrogens with one attached hydrogen (secondary N) is 2. The average Bonchev–Trinajstić information content (AvgIpc) is 2.86. The molecule has 0 aliphatic carbocycles. The van der Waals surface area contributed by atoms with Crippen molar-refractivity contribution in [2.24, 2.45) is 0 Å². The molecule has 3 N–H and O–H groups in total. The van der Waals surface area contributed by atoms with Crippen LogP contribution in [0.25, 0.3) is 0 Å². The molecule has 182 valence electrons. The molecule has 0 unspecified atom stereocenters. The van der Waals surface area contributed by atoms with Crippen LogP contribution >= 0.6 is 11.6 Å². The van der Waals surface area contributed by atoms with E-state index in [4.69, 9.17) is 16.3 Å². The number of halogens is 1. The van der Waals surface area contributed by atoms with Crippen LogP contribution in [0.5, 0.6) is 5.75 Å². The quantitative estimate of drug-likeness (QED) is 0.407. The molecule has 35 heavy (non-hydrogen) atoms. The highest BCUT2D eigenvalue weighted by atomic mass is 35.5. The number of aryl methyl sites for hydroxylation is 2. The van der Waals surface area contributed by atoms with Gasteiger partial charge in [-0.3, -0.25) is 4.79 Å². The fourth-order valence-corrected chi connectivity index (χ4v) is 4.19. The second-order valence-electron chi connectivity index (χ2n) is 8.63. The third kappa shape index (κ3) is 6.51. The van der Waals surface area contributed by atoms with Crippen molar-refractivity contribution in [1.29, 1.82) is 0 Å². The molecular weight excluding hydrogens is 466 g/mol. The number of amides is 1. The van der Waals surface area contributed by atoms with E-state index in [1.165, 1.54) is 5.56 Å². The molecule has 0 spiro atoms. The number of hydrogen-bond acceptors (Lipinski definition) is 5. The number of anilines is 1. The molecule has 0 radical (unpaired) electrons. The van der Waals surface area contributed by atoms with E-state index in [2.05, 4.69) is 21.7 Å². The van der Waals surface area contributed by atoms with Gasteiger partial charge in [0.05, 0.1) is 17.2 Å². The first kappa shape index (κ1) is 24.5. The summed E-state index contributed by atoms with van der Waals surface area (Å²) in [5.74, 6) is 0.0293. The Kier molecular flexibility index (Phi) is 7.87. The third-order valence-electron chi connectivity index (χ3n) is 5.91. The number of fused-ring (bicyclic) bond motifs is 1. The van der Waals surface area contributed by atoms with Crippen LogP contribution in [0.15, 0.2) is 54.6 Å². The zero-order chi connectivity index (χ0) is 24.8. The van der Waals surface area contributed by atoms with Gasteiger partial charge in [-0.05, 0) is 61.2 Å². The van der Waals surface area contributed by atoms with Crippen molar-refractivity contribution >= 4 is 29.3 Å². The lowest BCUT2D eigenvalue weighted by atomic mass is 10.0. The highest BCUT2D eigenvalue weighted by molar-refractivity contribution is 6.33. The summed E-state index contributed by atoms with van der Waals surface area (Å²) in [5, 5.41) is 15.8. The maximum Gasteiger partial charge on any atom is 0.326 e. The molecule has 4 rings (SSSR count). The Morgan fingerprint density at radius 3 is 2.74 bits per heavy atom. The van der Waals surface area contributed by atoms with Crippen LogP contribution in [0.2, 0.25) is 5.02 Å². The number of carbonyl (C=O) groups is 2. The Hall–Kier alpha value is -3.58. The van der Waals surface area contributed by atoms with Crippen molar-refractivity contribution in [3.63, 3.8) is 0 Å². The summed E-state index contributed by atoms with van der Waals surface area (Å²) in [6.07, 6.45) is 3.01. The van der Waals surface area contributed by atoms with Crippen LogP contribution in [0.3, 0.4) is 0 Å². The summed E-state index contributed by atoms with van der Waals surface area (Å²) in [4.78, 5) is 29.0. The monoisotopic (exact) mass is 493 g/mol. The Labute approximate surface area is 209 Å². The molecule has 0 bridgehead atoms. The Morgan fingerprint density at radius 2 is 1.97 bits per heavy atom. The fourth-order valence-electron chi connectivity index (χ4n) is 3.99. The molecule has 7 nitrogen and oxygen atoms in total. The minimum Gasteiger partial charge on any atom is -0.493 e. The minimum atomic E-state index is -1.12. The molecule has 2 heterocycles. The zero-order valence-corrected chi connectivity index (χ0v) is 20.3. The second kappa shape index (κ2) is 11.2. The van der Waals surface area contributed by atoms with E-state index in [0.717, 1.165) is 42.0 Å². The number of aromatic nitrogens is 1. The predicted molar refractivity (Wildman–Crippen MR) is 135 cm³/mol. The number of aliphatic carboxylic acids is 1. The van der Waals surface area contributed by atoms with Gasteiger partial charge in [0.2, 0.25) is 0 Å². The van der Waals surface area contributed by atoms with Gasteiger partial charge >= 0.3 is 5.97 Å². The van der Waals surface area contributed by atoms with Crippen molar-refractivity contribution in [3.8, 4) is 5.75 Å². The van der Waals surface area contributed by atoms with Crippen LogP contribution in [0.1, 0.15) is 39.2 Å². The summed E-state index contributed by atoms with van der Waals surface area (Å²) in [5.41, 5.74) is 4.12. The predicted octanol–water partition coefficient (Wildman–Crippen LogP) is 4.45. The van der Waals surface area contributed by atoms with Gasteiger partial charge in [0, 0.05) is 25.1 Å². The standard InChI is InChI=1S/C27H28ClN3O4/c1-17-4-11-23(28)22(15-17)26(32)31-24(27(33)34)16-18-5-9-21(10-6-18)35-14-12-20-8-7-19-3-2-13-29-25(19)30-20/h4-11,15,24H,2-3,12-14,16H2,1H3,(H,29,30)(H,31,32)(H,33,34)/t24-/m0/s1. The molecular formula is C27H28ClN3O4. The number of rotatable bonds is 9. The van der Waals surface area contributed by atoms with E-state index in [9.17, 15) is 14.7 Å². The van der Waals surface area contributed by atoms with Crippen molar-refractivity contribution in [2.45, 2.75) is 38.6 Å². The van der Waals surface area contributed by atoms with Gasteiger partial charge in [0.25, 0.3) is 5.91 Å². The van der Waals surface area contributed by atoms with Crippen molar-refractivity contribution in [1.82, 2.24) is 10.3 Å². The molecule has 2 aromatic carbocycles. The van der Waals surface area contributed by atoms with Crippen LogP contribution in [-0.2, 0) is 24.1 Å². The summed E-state index contributed by atoms with van der Waals surface area (Å²) < 4.78 is 5.85. The number of carbonyl (C=O) groups excluding carboxylic acids is 1. The minimum absolute atomic E-state index is 0.136. The summed E-state index contributed by atoms with van der Waals surface area (Å²) >= 11 is 6.11. The smallest absolute Gasteiger partial charge is 0.326 e. The van der Waals surface area contributed by atoms with Gasteiger partial charge < -0.3 is 20.5 Å². The third-order valence-corrected chi connectivity index (χ3v) is 6.24. The first-order valence-corrected chi connectivity index (χ1v) is 12.0. The number of carboxylic acids is 1. The molecule has 0 saturated heterocycles. The number of ether oxygens (including phenoxy) is 1. The Morgan fingerprint density at radius 1 is 1.17 bits per heavy atom. The first-order chi connectivity index (χ1) is 16.9. The van der Waals surface area contributed by atoms with Crippen LogP contribution < -0.4 is 15.4 Å². The summed E-state index contributed by atoms with van der Waals surface area (Å²) in [6, 6.07) is 15.3. The maximum absolute atomic E-state index is 12.6. The molecule has 1 aromatic heterocycles. The lowest BCUT2D eigenvalue weighted by Gasteiger charge is -2.17. The van der Waals surface area contributed by atoms with Crippen LogP contribution in [0, 0.1) is 6.92 Å². The van der Waals surface area contributed by atoms with E-state index in [1.54, 1.807) is 42.5 Å². The fraction of sp³-hybridized carbons (Fsp3) is 0.296. The van der Waals surface area contributed by atoms with Gasteiger partial charge in [-0.2, -0.15) is 0 Å². The maximum atomic E-state index is 12.6. The van der Waals surface area contributed by atoms with E-state index in [-0.39, 0.29) is 17.0 Å². The van der Waals surface area contributed by atoms with E-state index in [1.807, 2.05) is 13.0 Å². The second-order valence-corrected chi connectivity index (χ2v) is 9.04. The Bertz CT molecular complexity index is 1210. The largest absolute Gasteiger partial charge is 0.493 e. The molecule has 1 amide bonds. The Balaban J connectivity index is 1.31. The molecule has 1 aliphatic rings. The number of hydrogen-bond donors (Lipinski definition) is 3. The van der Waals surface area contributed by atoms with Crippen molar-refractivity contribution < 1.29 is 19.4 Å². The number of pyridine rings is 1. The van der Waals surface area contributed by atoms with Gasteiger partial charge in [-0.1, -0.05) is 41.4 Å². The summed E-state index contributed by atoms with van der Waals surface area (Å²) in [7, 11) is 0. The molecule has 0 saturated carbocycles. The number of carboxylic acid groups (broad SMARTS) is 1. The number of nitrogens with zero attached hydrogens (tertiary/aromatic N) is 1. The van der Waals surface area contributed by atoms with Crippen molar-refractivity contribution in [3.05, 3.63) is 87.6 Å². The SMILES string of the molecule is Cc1ccc(Cl)c(C(=O)N[C@@H](Cc2ccc(OCCc3ccc4c(n3)NCCC4)cc2)C(=O)O)c1.